The van der Waals surface area contributed by atoms with Gasteiger partial charge in [-0.3, -0.25) is 0 Å². The molecule has 7 nitrogen and oxygen atoms in total. The Morgan fingerprint density at radius 2 is 2.17 bits per heavy atom. The summed E-state index contributed by atoms with van der Waals surface area (Å²) in [5, 5.41) is 0. The van der Waals surface area contributed by atoms with Crippen molar-refractivity contribution in [3.8, 4) is 0 Å². The lowest BCUT2D eigenvalue weighted by Gasteiger charge is -2.24. The number of rotatable bonds is 10. The Bertz CT molecular complexity index is 591. The van der Waals surface area contributed by atoms with Gasteiger partial charge in [0.2, 0.25) is 0 Å². The second-order valence-corrected chi connectivity index (χ2v) is 9.22. The Hall–Kier alpha value is -0.200. The smallest absolute Gasteiger partial charge is 0.262 e. The number of methoxy groups -OCH3 is 1. The van der Waals surface area contributed by atoms with Gasteiger partial charge in [-0.15, -0.1) is 16.2 Å². The molecule has 2 N–H and O–H groups in total. The molecule has 0 saturated heterocycles. The molecule has 1 aliphatic rings. The van der Waals surface area contributed by atoms with Gasteiger partial charge in [0.15, 0.2) is 0 Å². The second kappa shape index (κ2) is 9.33. The summed E-state index contributed by atoms with van der Waals surface area (Å²) in [6.45, 7) is 5.91. The lowest BCUT2D eigenvalue weighted by atomic mass is 10.2. The van der Waals surface area contributed by atoms with Crippen LogP contribution in [0.15, 0.2) is 14.5 Å². The predicted molar refractivity (Wildman–Crippen MR) is 92.1 cm³/mol. The van der Waals surface area contributed by atoms with Gasteiger partial charge in [0.1, 0.15) is 4.21 Å². The number of nitrogens with one attached hydrogen (secondary N) is 2. The predicted octanol–water partition coefficient (Wildman–Crippen LogP) is 1.08. The molecule has 23 heavy (non-hydrogen) atoms. The van der Waals surface area contributed by atoms with Crippen molar-refractivity contribution in [2.75, 3.05) is 46.6 Å². The van der Waals surface area contributed by atoms with Gasteiger partial charge in [0.05, 0.1) is 24.0 Å². The maximum Gasteiger partial charge on any atom is 0.262 e. The molecule has 2 heterocycles. The summed E-state index contributed by atoms with van der Waals surface area (Å²) in [5.74, 6) is 0. The lowest BCUT2D eigenvalue weighted by Crippen LogP contribution is -2.36. The van der Waals surface area contributed by atoms with Gasteiger partial charge in [-0.1, -0.05) is 6.92 Å². The van der Waals surface area contributed by atoms with E-state index in [1.54, 1.807) is 25.1 Å². The Morgan fingerprint density at radius 1 is 1.35 bits per heavy atom. The first kappa shape index (κ1) is 19.1. The highest BCUT2D eigenvalue weighted by Gasteiger charge is 2.24. The van der Waals surface area contributed by atoms with E-state index in [2.05, 4.69) is 14.6 Å². The summed E-state index contributed by atoms with van der Waals surface area (Å²) in [7, 11) is -1.82. The molecule has 0 radical (unpaired) electrons. The average molecular weight is 382 g/mol. The number of hydrogen-bond donors (Lipinski definition) is 2. The van der Waals surface area contributed by atoms with E-state index < -0.39 is 10.0 Å². The largest absolute Gasteiger partial charge is 0.382 e. The normalized spacial score (nSPS) is 15.7. The number of thiophene rings is 1. The van der Waals surface area contributed by atoms with E-state index in [1.165, 1.54) is 11.3 Å². The Kier molecular flexibility index (Phi) is 7.76. The first-order valence-corrected chi connectivity index (χ1v) is 10.5. The van der Waals surface area contributed by atoms with Crippen molar-refractivity contribution < 1.29 is 17.9 Å². The van der Waals surface area contributed by atoms with E-state index in [0.717, 1.165) is 29.3 Å². The zero-order valence-corrected chi connectivity index (χ0v) is 15.8. The van der Waals surface area contributed by atoms with Gasteiger partial charge in [0.25, 0.3) is 10.0 Å². The summed E-state index contributed by atoms with van der Waals surface area (Å²) >= 11 is 2.92. The first-order chi connectivity index (χ1) is 11.1. The monoisotopic (exact) mass is 381 g/mol. The third kappa shape index (κ3) is 5.68. The number of hydrazine groups is 1. The number of fused-ring (bicyclic) bond motifs is 1. The van der Waals surface area contributed by atoms with Crippen LogP contribution in [-0.2, 0) is 25.9 Å². The van der Waals surface area contributed by atoms with E-state index in [9.17, 15) is 8.42 Å². The Balaban J connectivity index is 1.89. The van der Waals surface area contributed by atoms with Crippen LogP contribution in [0.4, 0.5) is 0 Å². The molecule has 1 aliphatic heterocycles. The number of ether oxygens (including phenoxy) is 2. The molecule has 0 fully saturated rings. The highest BCUT2D eigenvalue weighted by Crippen LogP contribution is 2.39. The quantitative estimate of drug-likeness (QED) is 0.357. The van der Waals surface area contributed by atoms with Crippen molar-refractivity contribution >= 4 is 33.3 Å². The molecular formula is C13H23N3O4S3. The van der Waals surface area contributed by atoms with Gasteiger partial charge in [-0.05, 0) is 30.0 Å². The van der Waals surface area contributed by atoms with E-state index >= 15 is 0 Å². The molecule has 132 valence electrons. The minimum absolute atomic E-state index is 0.356. The topological polar surface area (TPSA) is 79.9 Å². The van der Waals surface area contributed by atoms with Crippen LogP contribution >= 0.6 is 23.3 Å². The molecule has 0 spiro atoms. The Morgan fingerprint density at radius 3 is 2.91 bits per heavy atom. The Labute approximate surface area is 145 Å². The highest BCUT2D eigenvalue weighted by atomic mass is 32.3. The van der Waals surface area contributed by atoms with Gasteiger partial charge in [-0.2, -0.15) is 0 Å². The van der Waals surface area contributed by atoms with Crippen LogP contribution in [0, 0.1) is 0 Å². The fraction of sp³-hybridized carbons (Fsp3) is 0.692. The molecule has 0 amide bonds. The summed E-state index contributed by atoms with van der Waals surface area (Å²) in [4.78, 5) is 2.38. The summed E-state index contributed by atoms with van der Waals surface area (Å²) in [6.07, 6.45) is 0.855. The second-order valence-electron chi connectivity index (χ2n) is 4.89. The van der Waals surface area contributed by atoms with Crippen molar-refractivity contribution in [1.29, 1.82) is 0 Å². The fourth-order valence-corrected chi connectivity index (χ4v) is 5.94. The summed E-state index contributed by atoms with van der Waals surface area (Å²) < 4.78 is 38.3. The van der Waals surface area contributed by atoms with Gasteiger partial charge in [0, 0.05) is 26.7 Å². The molecule has 1 aromatic heterocycles. The molecule has 0 saturated carbocycles. The van der Waals surface area contributed by atoms with Crippen molar-refractivity contribution in [3.05, 3.63) is 11.6 Å². The molecular weight excluding hydrogens is 358 g/mol. The molecule has 0 atom stereocenters. The van der Waals surface area contributed by atoms with Gasteiger partial charge in [-0.25, -0.2) is 18.1 Å². The molecule has 10 heteroatoms. The molecule has 2 rings (SSSR count). The maximum absolute atomic E-state index is 12.1. The van der Waals surface area contributed by atoms with Crippen LogP contribution in [0.25, 0.3) is 0 Å². The van der Waals surface area contributed by atoms with Crippen LogP contribution < -0.4 is 10.3 Å². The molecule has 0 aromatic carbocycles. The standard InChI is InChI=1S/C13H23N3O4S3/c1-3-14-15-23(17,18)12-10-11-4-5-16(22-13(11)21-12)6-7-20-9-8-19-2/h10,14-15H,3-9H2,1-2H3. The number of nitrogens with zero attached hydrogens (tertiary/aromatic N) is 1. The van der Waals surface area contributed by atoms with Crippen molar-refractivity contribution in [3.63, 3.8) is 0 Å². The van der Waals surface area contributed by atoms with Gasteiger partial charge >= 0.3 is 0 Å². The lowest BCUT2D eigenvalue weighted by molar-refractivity contribution is 0.0666. The van der Waals surface area contributed by atoms with Crippen LogP contribution in [0.2, 0.25) is 0 Å². The highest BCUT2D eigenvalue weighted by molar-refractivity contribution is 7.99. The van der Waals surface area contributed by atoms with Crippen molar-refractivity contribution in [2.24, 2.45) is 0 Å². The zero-order valence-electron chi connectivity index (χ0n) is 13.3. The zero-order chi connectivity index (χ0) is 16.7. The SMILES string of the molecule is CCNNS(=O)(=O)c1cc2c(s1)SN(CCOCCOC)CC2. The van der Waals surface area contributed by atoms with Crippen LogP contribution in [-0.4, -0.2) is 59.3 Å². The summed E-state index contributed by atoms with van der Waals surface area (Å²) in [5.41, 5.74) is 3.75. The molecule has 0 unspecified atom stereocenters. The number of sulfonamides is 1. The van der Waals surface area contributed by atoms with E-state index in [4.69, 9.17) is 9.47 Å². The third-order valence-electron chi connectivity index (χ3n) is 3.16. The van der Waals surface area contributed by atoms with Crippen molar-refractivity contribution in [2.45, 2.75) is 21.8 Å². The molecule has 0 aliphatic carbocycles. The molecule has 0 bridgehead atoms. The summed E-state index contributed by atoms with van der Waals surface area (Å²) in [6, 6.07) is 1.78. The van der Waals surface area contributed by atoms with Crippen LogP contribution in [0.5, 0.6) is 0 Å². The fourth-order valence-electron chi connectivity index (χ4n) is 1.97. The van der Waals surface area contributed by atoms with Gasteiger partial charge < -0.3 is 9.47 Å². The molecule has 1 aromatic rings. The third-order valence-corrected chi connectivity index (χ3v) is 7.42. The number of hydrogen-bond acceptors (Lipinski definition) is 8. The van der Waals surface area contributed by atoms with Crippen molar-refractivity contribution in [1.82, 2.24) is 14.6 Å². The minimum atomic E-state index is -3.47. The maximum atomic E-state index is 12.1. The van der Waals surface area contributed by atoms with Crippen LogP contribution in [0.1, 0.15) is 12.5 Å². The first-order valence-electron chi connectivity index (χ1n) is 7.43. The van der Waals surface area contributed by atoms with E-state index in [-0.39, 0.29) is 0 Å². The minimum Gasteiger partial charge on any atom is -0.382 e. The van der Waals surface area contributed by atoms with E-state index in [0.29, 0.717) is 30.6 Å². The van der Waals surface area contributed by atoms with E-state index in [1.807, 2.05) is 6.92 Å². The van der Waals surface area contributed by atoms with Crippen LogP contribution in [0.3, 0.4) is 0 Å². The average Bonchev–Trinajstić information content (AvgIpc) is 2.97.